The van der Waals surface area contributed by atoms with Crippen LogP contribution in [0.25, 0.3) is 0 Å². The highest BCUT2D eigenvalue weighted by Gasteiger charge is 2.36. The van der Waals surface area contributed by atoms with E-state index in [2.05, 4.69) is 22.1 Å². The molecule has 8 heteroatoms. The SMILES string of the molecule is CC(C)(C(=O)N1CCN(Cc2ccccc2)CC1)n1cc([N+](=O)[O-])cn1. The van der Waals surface area contributed by atoms with E-state index in [4.69, 9.17) is 0 Å². The lowest BCUT2D eigenvalue weighted by Gasteiger charge is -2.38. The molecule has 1 saturated heterocycles. The average Bonchev–Trinajstić information content (AvgIpc) is 3.14. The van der Waals surface area contributed by atoms with E-state index in [1.54, 1.807) is 13.8 Å². The number of amides is 1. The topological polar surface area (TPSA) is 84.5 Å². The van der Waals surface area contributed by atoms with Gasteiger partial charge in [-0.25, -0.2) is 0 Å². The number of nitro groups is 1. The molecule has 0 radical (unpaired) electrons. The van der Waals surface area contributed by atoms with Crippen molar-refractivity contribution in [3.63, 3.8) is 0 Å². The normalized spacial score (nSPS) is 15.8. The van der Waals surface area contributed by atoms with Crippen LogP contribution < -0.4 is 0 Å². The van der Waals surface area contributed by atoms with Gasteiger partial charge in [-0.05, 0) is 19.4 Å². The summed E-state index contributed by atoms with van der Waals surface area (Å²) in [6.45, 7) is 7.23. The van der Waals surface area contributed by atoms with Crippen LogP contribution >= 0.6 is 0 Å². The molecule has 1 aromatic heterocycles. The molecule has 3 rings (SSSR count). The fourth-order valence-corrected chi connectivity index (χ4v) is 3.15. The van der Waals surface area contributed by atoms with Gasteiger partial charge in [-0.3, -0.25) is 24.5 Å². The van der Waals surface area contributed by atoms with Gasteiger partial charge in [0.25, 0.3) is 0 Å². The molecule has 0 spiro atoms. The number of nitrogens with zero attached hydrogens (tertiary/aromatic N) is 5. The lowest BCUT2D eigenvalue weighted by molar-refractivity contribution is -0.385. The van der Waals surface area contributed by atoms with E-state index in [-0.39, 0.29) is 11.6 Å². The summed E-state index contributed by atoms with van der Waals surface area (Å²) in [5.74, 6) is -0.0742. The molecular formula is C18H23N5O3. The Morgan fingerprint density at radius 1 is 1.19 bits per heavy atom. The summed E-state index contributed by atoms with van der Waals surface area (Å²) in [6, 6.07) is 10.3. The van der Waals surface area contributed by atoms with Gasteiger partial charge < -0.3 is 4.90 Å². The molecule has 2 aromatic rings. The standard InChI is InChI=1S/C18H23N5O3/c1-18(2,22-14-16(12-19-22)23(25)26)17(24)21-10-8-20(9-11-21)13-15-6-4-3-5-7-15/h3-7,12,14H,8-11,13H2,1-2H3. The third-order valence-electron chi connectivity index (χ3n) is 4.78. The van der Waals surface area contributed by atoms with Gasteiger partial charge in [-0.15, -0.1) is 0 Å². The van der Waals surface area contributed by atoms with E-state index in [9.17, 15) is 14.9 Å². The fourth-order valence-electron chi connectivity index (χ4n) is 3.15. The summed E-state index contributed by atoms with van der Waals surface area (Å²) in [5, 5.41) is 14.9. The zero-order valence-electron chi connectivity index (χ0n) is 15.0. The van der Waals surface area contributed by atoms with E-state index in [1.807, 2.05) is 23.1 Å². The molecule has 138 valence electrons. The lowest BCUT2D eigenvalue weighted by Crippen LogP contribution is -2.54. The van der Waals surface area contributed by atoms with Gasteiger partial charge in [0.1, 0.15) is 17.9 Å². The van der Waals surface area contributed by atoms with Crippen molar-refractivity contribution in [2.45, 2.75) is 25.9 Å². The van der Waals surface area contributed by atoms with Crippen molar-refractivity contribution < 1.29 is 9.72 Å². The van der Waals surface area contributed by atoms with Crippen LogP contribution in [-0.4, -0.2) is 56.6 Å². The van der Waals surface area contributed by atoms with Crippen molar-refractivity contribution in [1.82, 2.24) is 19.6 Å². The number of piperazine rings is 1. The van der Waals surface area contributed by atoms with Crippen molar-refractivity contribution in [3.8, 4) is 0 Å². The molecular weight excluding hydrogens is 334 g/mol. The van der Waals surface area contributed by atoms with Crippen LogP contribution in [0.5, 0.6) is 0 Å². The van der Waals surface area contributed by atoms with Crippen LogP contribution in [0.1, 0.15) is 19.4 Å². The Hall–Kier alpha value is -2.74. The van der Waals surface area contributed by atoms with Crippen LogP contribution in [0.4, 0.5) is 5.69 Å². The molecule has 1 aliphatic heterocycles. The minimum Gasteiger partial charge on any atom is -0.338 e. The molecule has 26 heavy (non-hydrogen) atoms. The van der Waals surface area contributed by atoms with Crippen molar-refractivity contribution in [2.75, 3.05) is 26.2 Å². The number of rotatable bonds is 5. The molecule has 2 heterocycles. The predicted octanol–water partition coefficient (Wildman–Crippen LogP) is 1.87. The molecule has 1 amide bonds. The van der Waals surface area contributed by atoms with Gasteiger partial charge in [-0.1, -0.05) is 30.3 Å². The third kappa shape index (κ3) is 3.75. The zero-order valence-corrected chi connectivity index (χ0v) is 15.0. The van der Waals surface area contributed by atoms with E-state index < -0.39 is 10.5 Å². The number of benzene rings is 1. The maximum atomic E-state index is 12.9. The molecule has 1 aromatic carbocycles. The third-order valence-corrected chi connectivity index (χ3v) is 4.78. The predicted molar refractivity (Wildman–Crippen MR) is 96.5 cm³/mol. The van der Waals surface area contributed by atoms with Crippen LogP contribution in [0.3, 0.4) is 0 Å². The van der Waals surface area contributed by atoms with Gasteiger partial charge in [0.05, 0.1) is 4.92 Å². The number of hydrogen-bond acceptors (Lipinski definition) is 5. The summed E-state index contributed by atoms with van der Waals surface area (Å²) in [6.07, 6.45) is 2.48. The summed E-state index contributed by atoms with van der Waals surface area (Å²) in [4.78, 5) is 27.4. The molecule has 1 aliphatic rings. The largest absolute Gasteiger partial charge is 0.338 e. The zero-order chi connectivity index (χ0) is 18.7. The monoisotopic (exact) mass is 357 g/mol. The van der Waals surface area contributed by atoms with Crippen LogP contribution in [0, 0.1) is 10.1 Å². The summed E-state index contributed by atoms with van der Waals surface area (Å²) in [5.41, 5.74) is 0.186. The highest BCUT2D eigenvalue weighted by atomic mass is 16.6. The second-order valence-electron chi connectivity index (χ2n) is 7.01. The number of carbonyl (C=O) groups excluding carboxylic acids is 1. The lowest BCUT2D eigenvalue weighted by atomic mass is 10.0. The Morgan fingerprint density at radius 2 is 1.85 bits per heavy atom. The molecule has 0 unspecified atom stereocenters. The molecule has 1 fully saturated rings. The minimum absolute atomic E-state index is 0.0742. The summed E-state index contributed by atoms with van der Waals surface area (Å²) >= 11 is 0. The Balaban J connectivity index is 1.61. The van der Waals surface area contributed by atoms with E-state index in [0.717, 1.165) is 19.6 Å². The van der Waals surface area contributed by atoms with Crippen molar-refractivity contribution in [1.29, 1.82) is 0 Å². The van der Waals surface area contributed by atoms with Crippen LogP contribution in [0.15, 0.2) is 42.7 Å². The quantitative estimate of drug-likeness (QED) is 0.602. The summed E-state index contributed by atoms with van der Waals surface area (Å²) in [7, 11) is 0. The maximum absolute atomic E-state index is 12.9. The highest BCUT2D eigenvalue weighted by Crippen LogP contribution is 2.22. The van der Waals surface area contributed by atoms with Gasteiger partial charge in [-0.2, -0.15) is 5.10 Å². The van der Waals surface area contributed by atoms with Gasteiger partial charge in [0.2, 0.25) is 5.91 Å². The molecule has 0 saturated carbocycles. The molecule has 0 N–H and O–H groups in total. The highest BCUT2D eigenvalue weighted by molar-refractivity contribution is 5.83. The van der Waals surface area contributed by atoms with Crippen molar-refractivity contribution >= 4 is 11.6 Å². The first-order valence-corrected chi connectivity index (χ1v) is 8.63. The Kier molecular flexibility index (Phi) is 5.03. The smallest absolute Gasteiger partial charge is 0.307 e. The van der Waals surface area contributed by atoms with Crippen molar-refractivity contribution in [3.05, 3.63) is 58.4 Å². The molecule has 0 atom stereocenters. The minimum atomic E-state index is -0.962. The van der Waals surface area contributed by atoms with Gasteiger partial charge >= 0.3 is 5.69 Å². The first kappa shape index (κ1) is 18.1. The van der Waals surface area contributed by atoms with Gasteiger partial charge in [0, 0.05) is 32.7 Å². The number of hydrogen-bond donors (Lipinski definition) is 0. The number of carbonyl (C=O) groups is 1. The molecule has 0 aliphatic carbocycles. The molecule has 8 nitrogen and oxygen atoms in total. The Labute approximate surface area is 152 Å². The first-order valence-electron chi connectivity index (χ1n) is 8.63. The van der Waals surface area contributed by atoms with Crippen LogP contribution in [-0.2, 0) is 16.9 Å². The fraction of sp³-hybridized carbons (Fsp3) is 0.444. The summed E-state index contributed by atoms with van der Waals surface area (Å²) < 4.78 is 1.38. The van der Waals surface area contributed by atoms with E-state index >= 15 is 0 Å². The van der Waals surface area contributed by atoms with Crippen LogP contribution in [0.2, 0.25) is 0 Å². The Bertz CT molecular complexity index is 779. The number of aromatic nitrogens is 2. The molecule has 0 bridgehead atoms. The van der Waals surface area contributed by atoms with E-state index in [1.165, 1.54) is 22.6 Å². The average molecular weight is 357 g/mol. The second-order valence-corrected chi connectivity index (χ2v) is 7.01. The van der Waals surface area contributed by atoms with E-state index in [0.29, 0.717) is 13.1 Å². The maximum Gasteiger partial charge on any atom is 0.307 e. The van der Waals surface area contributed by atoms with Gasteiger partial charge in [0.15, 0.2) is 0 Å². The van der Waals surface area contributed by atoms with Crippen molar-refractivity contribution in [2.24, 2.45) is 0 Å². The second kappa shape index (κ2) is 7.25. The first-order chi connectivity index (χ1) is 12.4. The Morgan fingerprint density at radius 3 is 2.42 bits per heavy atom.